The highest BCUT2D eigenvalue weighted by molar-refractivity contribution is 7.80. The minimum atomic E-state index is -1.24. The van der Waals surface area contributed by atoms with E-state index in [-0.39, 0.29) is 24.3 Å². The van der Waals surface area contributed by atoms with Gasteiger partial charge in [-0.1, -0.05) is 42.5 Å². The zero-order valence-corrected chi connectivity index (χ0v) is 19.2. The van der Waals surface area contributed by atoms with Gasteiger partial charge >= 0.3 is 5.97 Å². The number of nitrogens with one attached hydrogen (secondary N) is 3. The fraction of sp³-hybridized carbons (Fsp3) is 0.304. The Morgan fingerprint density at radius 2 is 1.35 bits per heavy atom. The van der Waals surface area contributed by atoms with Gasteiger partial charge in [0.15, 0.2) is 0 Å². The number of hydrogen-bond acceptors (Lipinski definition) is 7. The van der Waals surface area contributed by atoms with E-state index < -0.39 is 48.4 Å². The molecule has 182 valence electrons. The summed E-state index contributed by atoms with van der Waals surface area (Å²) < 4.78 is 0. The summed E-state index contributed by atoms with van der Waals surface area (Å²) in [6, 6.07) is 11.9. The average Bonchev–Trinajstić information content (AvgIpc) is 2.82. The van der Waals surface area contributed by atoms with Crippen molar-refractivity contribution in [1.82, 2.24) is 16.0 Å². The smallest absolute Gasteiger partial charge is 0.322 e. The Morgan fingerprint density at radius 3 is 1.91 bits per heavy atom. The van der Waals surface area contributed by atoms with E-state index in [9.17, 15) is 24.3 Å². The molecule has 0 aromatic heterocycles. The highest BCUT2D eigenvalue weighted by Crippen LogP contribution is 2.12. The molecule has 7 N–H and O–H groups in total. The van der Waals surface area contributed by atoms with E-state index in [1.54, 1.807) is 36.4 Å². The van der Waals surface area contributed by atoms with E-state index in [2.05, 4.69) is 28.6 Å². The third kappa shape index (κ3) is 8.75. The zero-order valence-electron chi connectivity index (χ0n) is 18.3. The van der Waals surface area contributed by atoms with Crippen LogP contribution in [0.3, 0.4) is 0 Å². The molecule has 0 fully saturated rings. The maximum atomic E-state index is 13.2. The summed E-state index contributed by atoms with van der Waals surface area (Å²) in [4.78, 5) is 49.1. The second kappa shape index (κ2) is 13.2. The Balaban J connectivity index is 2.23. The van der Waals surface area contributed by atoms with Crippen molar-refractivity contribution in [3.05, 3.63) is 65.7 Å². The molecule has 2 aromatic rings. The standard InChI is InChI=1S/C23H28N4O6S/c24-17(13-34)21(31)26-19(10-14-4-2-1-3-5-14)23(33)27-18(22(32)25-12-20(29)30)11-15-6-8-16(28)9-7-15/h1-9,17-19,28,34H,10-13,24H2,(H,25,32)(H,26,31)(H,27,33)(H,29,30). The average molecular weight is 489 g/mol. The number of phenolic OH excluding ortho intramolecular Hbond substituents is 1. The van der Waals surface area contributed by atoms with Crippen LogP contribution < -0.4 is 21.7 Å². The fourth-order valence-corrected chi connectivity index (χ4v) is 3.22. The van der Waals surface area contributed by atoms with Crippen LogP contribution in [0.1, 0.15) is 11.1 Å². The van der Waals surface area contributed by atoms with E-state index in [1.807, 2.05) is 6.07 Å². The number of carboxylic acids is 1. The quantitative estimate of drug-likeness (QED) is 0.199. The number of carboxylic acid groups (broad SMARTS) is 1. The van der Waals surface area contributed by atoms with Crippen molar-refractivity contribution in [3.63, 3.8) is 0 Å². The Hall–Kier alpha value is -3.57. The molecule has 0 bridgehead atoms. The molecule has 34 heavy (non-hydrogen) atoms. The highest BCUT2D eigenvalue weighted by Gasteiger charge is 2.28. The van der Waals surface area contributed by atoms with Gasteiger partial charge < -0.3 is 31.9 Å². The molecule has 0 aliphatic rings. The van der Waals surface area contributed by atoms with Gasteiger partial charge in [0.2, 0.25) is 17.7 Å². The number of benzene rings is 2. The first-order valence-electron chi connectivity index (χ1n) is 10.5. The van der Waals surface area contributed by atoms with E-state index in [4.69, 9.17) is 10.8 Å². The van der Waals surface area contributed by atoms with Crippen molar-refractivity contribution < 1.29 is 29.4 Å². The van der Waals surface area contributed by atoms with Crippen LogP contribution in [0, 0.1) is 0 Å². The topological polar surface area (TPSA) is 171 Å². The minimum absolute atomic E-state index is 0.0274. The Kier molecular flexibility index (Phi) is 10.4. The highest BCUT2D eigenvalue weighted by atomic mass is 32.1. The first-order valence-corrected chi connectivity index (χ1v) is 11.1. The monoisotopic (exact) mass is 488 g/mol. The lowest BCUT2D eigenvalue weighted by atomic mass is 10.0. The summed E-state index contributed by atoms with van der Waals surface area (Å²) in [7, 11) is 0. The number of nitrogens with two attached hydrogens (primary N) is 1. The Bertz CT molecular complexity index is 987. The third-order valence-electron chi connectivity index (χ3n) is 4.87. The minimum Gasteiger partial charge on any atom is -0.508 e. The number of hydrogen-bond donors (Lipinski definition) is 7. The number of aliphatic carboxylic acids is 1. The fourth-order valence-electron chi connectivity index (χ4n) is 3.06. The van der Waals surface area contributed by atoms with Gasteiger partial charge in [-0.3, -0.25) is 19.2 Å². The summed E-state index contributed by atoms with van der Waals surface area (Å²) in [6.07, 6.45) is 0.167. The molecule has 3 unspecified atom stereocenters. The Labute approximate surface area is 202 Å². The number of phenols is 1. The van der Waals surface area contributed by atoms with Crippen LogP contribution in [-0.4, -0.2) is 64.3 Å². The molecule has 0 aliphatic heterocycles. The molecule has 2 rings (SSSR count). The predicted octanol–water partition coefficient (Wildman–Crippen LogP) is -0.395. The van der Waals surface area contributed by atoms with Gasteiger partial charge in [-0.15, -0.1) is 0 Å². The van der Waals surface area contributed by atoms with Crippen molar-refractivity contribution in [1.29, 1.82) is 0 Å². The van der Waals surface area contributed by atoms with Crippen LogP contribution in [0.15, 0.2) is 54.6 Å². The lowest BCUT2D eigenvalue weighted by Gasteiger charge is -2.24. The van der Waals surface area contributed by atoms with E-state index >= 15 is 0 Å². The molecule has 0 spiro atoms. The molecule has 0 radical (unpaired) electrons. The van der Waals surface area contributed by atoms with Crippen molar-refractivity contribution >= 4 is 36.3 Å². The summed E-state index contributed by atoms with van der Waals surface area (Å²) in [5, 5.41) is 25.8. The number of aromatic hydroxyl groups is 1. The van der Waals surface area contributed by atoms with Crippen molar-refractivity contribution in [2.24, 2.45) is 5.73 Å². The van der Waals surface area contributed by atoms with Crippen LogP contribution >= 0.6 is 12.6 Å². The van der Waals surface area contributed by atoms with Crippen LogP contribution in [0.5, 0.6) is 5.75 Å². The van der Waals surface area contributed by atoms with Crippen LogP contribution in [0.25, 0.3) is 0 Å². The van der Waals surface area contributed by atoms with Gasteiger partial charge in [0.05, 0.1) is 6.04 Å². The first-order chi connectivity index (χ1) is 16.2. The molecule has 10 nitrogen and oxygen atoms in total. The van der Waals surface area contributed by atoms with E-state index in [1.165, 1.54) is 12.1 Å². The van der Waals surface area contributed by atoms with Crippen LogP contribution in [0.2, 0.25) is 0 Å². The molecule has 0 heterocycles. The Morgan fingerprint density at radius 1 is 0.824 bits per heavy atom. The van der Waals surface area contributed by atoms with Gasteiger partial charge in [0.25, 0.3) is 0 Å². The van der Waals surface area contributed by atoms with Crippen molar-refractivity contribution in [2.75, 3.05) is 12.3 Å². The second-order valence-electron chi connectivity index (χ2n) is 7.58. The number of rotatable bonds is 12. The van der Waals surface area contributed by atoms with Gasteiger partial charge in [0, 0.05) is 18.6 Å². The van der Waals surface area contributed by atoms with Crippen LogP contribution in [-0.2, 0) is 32.0 Å². The summed E-state index contributed by atoms with van der Waals surface area (Å²) in [5.74, 6) is -3.05. The second-order valence-corrected chi connectivity index (χ2v) is 7.95. The number of carbonyl (C=O) groups is 4. The largest absolute Gasteiger partial charge is 0.508 e. The van der Waals surface area contributed by atoms with E-state index in [0.717, 1.165) is 5.56 Å². The zero-order chi connectivity index (χ0) is 25.1. The van der Waals surface area contributed by atoms with Crippen molar-refractivity contribution in [2.45, 2.75) is 31.0 Å². The summed E-state index contributed by atoms with van der Waals surface area (Å²) >= 11 is 4.01. The SMILES string of the molecule is NC(CS)C(=O)NC(Cc1ccccc1)C(=O)NC(Cc1ccc(O)cc1)C(=O)NCC(=O)O. The predicted molar refractivity (Wildman–Crippen MR) is 128 cm³/mol. The van der Waals surface area contributed by atoms with Gasteiger partial charge in [-0.05, 0) is 23.3 Å². The van der Waals surface area contributed by atoms with E-state index in [0.29, 0.717) is 5.56 Å². The number of amides is 3. The lowest BCUT2D eigenvalue weighted by molar-refractivity contribution is -0.138. The lowest BCUT2D eigenvalue weighted by Crippen LogP contribution is -2.57. The van der Waals surface area contributed by atoms with Gasteiger partial charge in [0.1, 0.15) is 24.4 Å². The number of carbonyl (C=O) groups excluding carboxylic acids is 3. The van der Waals surface area contributed by atoms with Crippen LogP contribution in [0.4, 0.5) is 0 Å². The summed E-state index contributed by atoms with van der Waals surface area (Å²) in [5.41, 5.74) is 7.12. The maximum absolute atomic E-state index is 13.2. The third-order valence-corrected chi connectivity index (χ3v) is 5.27. The molecule has 3 amide bonds. The van der Waals surface area contributed by atoms with Gasteiger partial charge in [-0.25, -0.2) is 0 Å². The molecule has 0 aliphatic carbocycles. The number of thiol groups is 1. The molecular formula is C23H28N4O6S. The molecule has 11 heteroatoms. The van der Waals surface area contributed by atoms with Gasteiger partial charge in [-0.2, -0.15) is 12.6 Å². The first kappa shape index (κ1) is 26.7. The molecule has 0 saturated carbocycles. The molecular weight excluding hydrogens is 460 g/mol. The normalized spacial score (nSPS) is 13.2. The molecule has 3 atom stereocenters. The maximum Gasteiger partial charge on any atom is 0.322 e. The molecule has 2 aromatic carbocycles. The molecule has 0 saturated heterocycles. The van der Waals surface area contributed by atoms with Crippen molar-refractivity contribution in [3.8, 4) is 5.75 Å². The summed E-state index contributed by atoms with van der Waals surface area (Å²) in [6.45, 7) is -0.623.